The normalized spacial score (nSPS) is 10.0. The maximum absolute atomic E-state index is 2.24. The molecule has 0 unspecified atom stereocenters. The quantitative estimate of drug-likeness (QED) is 0.723. The molecule has 0 atom stereocenters. The molecule has 1 heteroatoms. The van der Waals surface area contributed by atoms with Crippen LogP contribution in [0.1, 0.15) is 25.3 Å². The molecular formula is C10H13Sb. The Balaban J connectivity index is 2.62. The molecule has 1 rings (SSSR count). The molecule has 0 N–H and O–H groups in total. The van der Waals surface area contributed by atoms with E-state index in [1.165, 1.54) is 28.3 Å². The second-order valence-corrected chi connectivity index (χ2v) is 4.11. The first-order chi connectivity index (χ1) is 5.34. The number of aryl methyl sites for hydroxylation is 1. The summed E-state index contributed by atoms with van der Waals surface area (Å²) in [7, 11) is 0. The Bertz CT molecular complexity index is 218. The molecule has 0 heterocycles. The van der Waals surface area contributed by atoms with E-state index in [2.05, 4.69) is 31.2 Å². The van der Waals surface area contributed by atoms with Gasteiger partial charge in [0, 0.05) is 0 Å². The fraction of sp³-hybridized carbons (Fsp3) is 0.400. The molecule has 0 bridgehead atoms. The summed E-state index contributed by atoms with van der Waals surface area (Å²) in [5.74, 6) is 0. The summed E-state index contributed by atoms with van der Waals surface area (Å²) in [6, 6.07) is 8.69. The summed E-state index contributed by atoms with van der Waals surface area (Å²) >= 11 is 1.83. The van der Waals surface area contributed by atoms with Crippen molar-refractivity contribution in [2.75, 3.05) is 0 Å². The van der Waals surface area contributed by atoms with E-state index >= 15 is 0 Å². The van der Waals surface area contributed by atoms with Crippen molar-refractivity contribution in [1.29, 1.82) is 0 Å². The van der Waals surface area contributed by atoms with Gasteiger partial charge in [-0.05, 0) is 0 Å². The van der Waals surface area contributed by atoms with Crippen LogP contribution in [0.5, 0.6) is 0 Å². The van der Waals surface area contributed by atoms with Gasteiger partial charge in [-0.25, -0.2) is 0 Å². The van der Waals surface area contributed by atoms with Gasteiger partial charge < -0.3 is 0 Å². The Morgan fingerprint density at radius 2 is 2.00 bits per heavy atom. The molecule has 1 aromatic rings. The summed E-state index contributed by atoms with van der Waals surface area (Å²) < 4.78 is 1.48. The maximum atomic E-state index is 2.24. The fourth-order valence-electron chi connectivity index (χ4n) is 1.09. The van der Waals surface area contributed by atoms with Gasteiger partial charge in [0.1, 0.15) is 0 Å². The van der Waals surface area contributed by atoms with Crippen LogP contribution in [0.15, 0.2) is 24.3 Å². The van der Waals surface area contributed by atoms with Crippen LogP contribution in [0.3, 0.4) is 0 Å². The van der Waals surface area contributed by atoms with Crippen molar-refractivity contribution in [2.45, 2.75) is 26.2 Å². The molecule has 58 valence electrons. The fourth-order valence-corrected chi connectivity index (χ4v) is 1.87. The van der Waals surface area contributed by atoms with Gasteiger partial charge in [-0.3, -0.25) is 0 Å². The summed E-state index contributed by atoms with van der Waals surface area (Å²) in [6.45, 7) is 2.24. The summed E-state index contributed by atoms with van der Waals surface area (Å²) in [5, 5.41) is 0. The third kappa shape index (κ3) is 2.87. The first-order valence-electron chi connectivity index (χ1n) is 4.11. The van der Waals surface area contributed by atoms with Crippen molar-refractivity contribution >= 4 is 26.5 Å². The van der Waals surface area contributed by atoms with Crippen LogP contribution >= 0.6 is 0 Å². The van der Waals surface area contributed by atoms with E-state index in [0.717, 1.165) is 0 Å². The predicted octanol–water partition coefficient (Wildman–Crippen LogP) is 1.82. The Morgan fingerprint density at radius 3 is 2.64 bits per heavy atom. The van der Waals surface area contributed by atoms with Crippen molar-refractivity contribution in [1.82, 2.24) is 0 Å². The zero-order valence-electron chi connectivity index (χ0n) is 6.88. The van der Waals surface area contributed by atoms with Crippen LogP contribution in [-0.4, -0.2) is 23.0 Å². The number of rotatable bonds is 3. The second kappa shape index (κ2) is 4.82. The second-order valence-electron chi connectivity index (χ2n) is 2.73. The van der Waals surface area contributed by atoms with Crippen molar-refractivity contribution in [3.05, 3.63) is 29.8 Å². The van der Waals surface area contributed by atoms with E-state index in [4.69, 9.17) is 0 Å². The molecule has 11 heavy (non-hydrogen) atoms. The third-order valence-corrected chi connectivity index (χ3v) is 3.04. The minimum atomic E-state index is 1.25. The van der Waals surface area contributed by atoms with E-state index in [-0.39, 0.29) is 0 Å². The van der Waals surface area contributed by atoms with Crippen LogP contribution in [0, 0.1) is 0 Å². The van der Waals surface area contributed by atoms with E-state index in [9.17, 15) is 0 Å². The molecule has 0 amide bonds. The molecule has 0 aliphatic rings. The van der Waals surface area contributed by atoms with Gasteiger partial charge in [0.15, 0.2) is 0 Å². The molecule has 0 nitrogen and oxygen atoms in total. The van der Waals surface area contributed by atoms with Gasteiger partial charge in [-0.1, -0.05) is 0 Å². The van der Waals surface area contributed by atoms with Crippen molar-refractivity contribution in [3.63, 3.8) is 0 Å². The number of unbranched alkanes of at least 4 members (excludes halogenated alkanes) is 1. The van der Waals surface area contributed by atoms with Crippen LogP contribution < -0.4 is 3.51 Å². The molecule has 0 aromatic heterocycles. The molecule has 0 saturated heterocycles. The number of hydrogen-bond donors (Lipinski definition) is 0. The average molecular weight is 255 g/mol. The van der Waals surface area contributed by atoms with Gasteiger partial charge in [-0.15, -0.1) is 0 Å². The van der Waals surface area contributed by atoms with E-state index < -0.39 is 0 Å². The summed E-state index contributed by atoms with van der Waals surface area (Å²) in [5.41, 5.74) is 1.53. The molecule has 0 saturated carbocycles. The van der Waals surface area contributed by atoms with Crippen LogP contribution in [0.2, 0.25) is 0 Å². The predicted molar refractivity (Wildman–Crippen MR) is 50.4 cm³/mol. The number of benzene rings is 1. The third-order valence-electron chi connectivity index (χ3n) is 1.79. The standard InChI is InChI=1S/C10H13.Sb/c1-2-3-7-10-8-5-4-6-9-10;/h4-6,8H,2-3,7H2,1H3;. The van der Waals surface area contributed by atoms with Crippen molar-refractivity contribution < 1.29 is 0 Å². The van der Waals surface area contributed by atoms with Gasteiger partial charge >= 0.3 is 82.5 Å². The van der Waals surface area contributed by atoms with Crippen LogP contribution in [0.4, 0.5) is 0 Å². The molecule has 0 aliphatic heterocycles. The summed E-state index contributed by atoms with van der Waals surface area (Å²) in [6.07, 6.45) is 3.86. The zero-order valence-corrected chi connectivity index (χ0v) is 9.43. The van der Waals surface area contributed by atoms with Gasteiger partial charge in [0.2, 0.25) is 0 Å². The Labute approximate surface area is 82.5 Å². The molecule has 1 aromatic carbocycles. The van der Waals surface area contributed by atoms with Crippen LogP contribution in [-0.2, 0) is 6.42 Å². The van der Waals surface area contributed by atoms with Gasteiger partial charge in [0.05, 0.1) is 0 Å². The summed E-state index contributed by atoms with van der Waals surface area (Å²) in [4.78, 5) is 0. The van der Waals surface area contributed by atoms with E-state index in [1.54, 1.807) is 0 Å². The molecular weight excluding hydrogens is 242 g/mol. The zero-order chi connectivity index (χ0) is 8.10. The Kier molecular flexibility index (Phi) is 4.00. The monoisotopic (exact) mass is 254 g/mol. The minimum absolute atomic E-state index is 1.25. The van der Waals surface area contributed by atoms with Crippen LogP contribution in [0.25, 0.3) is 0 Å². The Hall–Kier alpha value is 0.0382. The van der Waals surface area contributed by atoms with Gasteiger partial charge in [-0.2, -0.15) is 0 Å². The average Bonchev–Trinajstić information content (AvgIpc) is 2.03. The molecule has 0 spiro atoms. The first kappa shape index (κ1) is 9.13. The molecule has 0 fully saturated rings. The number of hydrogen-bond acceptors (Lipinski definition) is 0. The van der Waals surface area contributed by atoms with E-state index in [0.29, 0.717) is 0 Å². The SMILES string of the molecule is CCCCc1cccc[c]1[Sb]. The van der Waals surface area contributed by atoms with Gasteiger partial charge in [0.25, 0.3) is 0 Å². The Morgan fingerprint density at radius 1 is 1.27 bits per heavy atom. The topological polar surface area (TPSA) is 0 Å². The molecule has 0 aliphatic carbocycles. The molecule has 2 radical (unpaired) electrons. The first-order valence-corrected chi connectivity index (χ1v) is 5.39. The van der Waals surface area contributed by atoms with Crippen molar-refractivity contribution in [2.24, 2.45) is 0 Å². The van der Waals surface area contributed by atoms with Crippen molar-refractivity contribution in [3.8, 4) is 0 Å². The van der Waals surface area contributed by atoms with E-state index in [1.807, 2.05) is 23.0 Å².